The van der Waals surface area contributed by atoms with Crippen LogP contribution in [0.5, 0.6) is 0 Å². The average molecular weight is 412 g/mol. The lowest BCUT2D eigenvalue weighted by atomic mass is 10.1. The Bertz CT molecular complexity index is 1270. The lowest BCUT2D eigenvalue weighted by Crippen LogP contribution is -2.33. The third-order valence-corrected chi connectivity index (χ3v) is 6.97. The van der Waals surface area contributed by atoms with Crippen LogP contribution in [0.2, 0.25) is 0 Å². The highest BCUT2D eigenvalue weighted by atomic mass is 32.2. The molecule has 7 nitrogen and oxygen atoms in total. The van der Waals surface area contributed by atoms with Crippen molar-refractivity contribution in [3.05, 3.63) is 58.9 Å². The van der Waals surface area contributed by atoms with Crippen molar-refractivity contribution >= 4 is 38.2 Å². The number of esters is 1. The minimum absolute atomic E-state index is 0.199. The van der Waals surface area contributed by atoms with Gasteiger partial charge in [-0.25, -0.2) is 13.2 Å². The third-order valence-electron chi connectivity index (χ3n) is 5.16. The van der Waals surface area contributed by atoms with E-state index in [0.29, 0.717) is 27.9 Å². The highest BCUT2D eigenvalue weighted by molar-refractivity contribution is 7.93. The molecule has 150 valence electrons. The molecule has 0 saturated carbocycles. The van der Waals surface area contributed by atoms with Crippen LogP contribution in [0.1, 0.15) is 39.0 Å². The van der Waals surface area contributed by atoms with Crippen molar-refractivity contribution in [2.45, 2.75) is 25.7 Å². The molecule has 1 aliphatic rings. The molecule has 29 heavy (non-hydrogen) atoms. The van der Waals surface area contributed by atoms with Crippen molar-refractivity contribution < 1.29 is 22.7 Å². The Hall–Kier alpha value is -3.13. The molecule has 4 rings (SSSR count). The number of Topliss-reactive ketones (excluding diaryl/α,β-unsaturated/α-hetero) is 1. The maximum Gasteiger partial charge on any atom is 0.340 e. The fraction of sp³-hybridized carbons (Fsp3) is 0.238. The van der Waals surface area contributed by atoms with Crippen LogP contribution in [0.3, 0.4) is 0 Å². The van der Waals surface area contributed by atoms with E-state index in [1.165, 1.54) is 0 Å². The van der Waals surface area contributed by atoms with Gasteiger partial charge in [-0.1, -0.05) is 24.3 Å². The first kappa shape index (κ1) is 19.2. The van der Waals surface area contributed by atoms with Gasteiger partial charge in [-0.15, -0.1) is 0 Å². The molecule has 3 aromatic rings. The molecular formula is C21H20N2O5S. The van der Waals surface area contributed by atoms with Crippen LogP contribution in [0.4, 0.5) is 5.69 Å². The summed E-state index contributed by atoms with van der Waals surface area (Å²) in [6.07, 6.45) is 0. The fourth-order valence-electron chi connectivity index (χ4n) is 3.88. The highest BCUT2D eigenvalue weighted by Gasteiger charge is 2.37. The highest BCUT2D eigenvalue weighted by Crippen LogP contribution is 2.42. The summed E-state index contributed by atoms with van der Waals surface area (Å²) in [5, 5.41) is 1.42. The van der Waals surface area contributed by atoms with Crippen LogP contribution in [-0.4, -0.2) is 38.3 Å². The van der Waals surface area contributed by atoms with Crippen LogP contribution in [0, 0.1) is 13.8 Å². The molecule has 0 bridgehead atoms. The monoisotopic (exact) mass is 412 g/mol. The largest absolute Gasteiger partial charge is 0.462 e. The number of carbonyl (C=O) groups is 2. The molecule has 2 heterocycles. The van der Waals surface area contributed by atoms with E-state index in [-0.39, 0.29) is 23.7 Å². The SMILES string of the molecule is CCOC(=O)c1c(C)[nH]c(C(=O)CN2c3cccc4cccc(c34)S2(=O)=O)c1C. The van der Waals surface area contributed by atoms with Crippen LogP contribution in [0.15, 0.2) is 41.3 Å². The van der Waals surface area contributed by atoms with Gasteiger partial charge >= 0.3 is 5.97 Å². The smallest absolute Gasteiger partial charge is 0.340 e. The Balaban J connectivity index is 1.73. The van der Waals surface area contributed by atoms with Gasteiger partial charge in [0, 0.05) is 11.1 Å². The normalized spacial score (nSPS) is 14.4. The zero-order valence-corrected chi connectivity index (χ0v) is 17.1. The van der Waals surface area contributed by atoms with Gasteiger partial charge in [0.05, 0.1) is 35.0 Å². The Morgan fingerprint density at radius 2 is 1.79 bits per heavy atom. The average Bonchev–Trinajstić information content (AvgIpc) is 3.09. The van der Waals surface area contributed by atoms with Crippen molar-refractivity contribution in [3.8, 4) is 0 Å². The second-order valence-electron chi connectivity index (χ2n) is 6.91. The number of anilines is 1. The molecule has 1 N–H and O–H groups in total. The molecule has 0 atom stereocenters. The molecule has 0 saturated heterocycles. The first-order chi connectivity index (χ1) is 13.8. The van der Waals surface area contributed by atoms with Gasteiger partial charge in [0.2, 0.25) is 0 Å². The van der Waals surface area contributed by atoms with Gasteiger partial charge < -0.3 is 9.72 Å². The van der Waals surface area contributed by atoms with Crippen molar-refractivity contribution in [1.82, 2.24) is 4.98 Å². The molecule has 8 heteroatoms. The number of aromatic amines is 1. The van der Waals surface area contributed by atoms with Gasteiger partial charge in [0.25, 0.3) is 10.0 Å². The minimum Gasteiger partial charge on any atom is -0.462 e. The van der Waals surface area contributed by atoms with Crippen molar-refractivity contribution in [1.29, 1.82) is 0 Å². The van der Waals surface area contributed by atoms with Gasteiger partial charge in [-0.2, -0.15) is 0 Å². The summed E-state index contributed by atoms with van der Waals surface area (Å²) in [5.41, 5.74) is 1.98. The molecule has 2 aromatic carbocycles. The molecule has 0 amide bonds. The van der Waals surface area contributed by atoms with E-state index < -0.39 is 21.8 Å². The number of sulfonamides is 1. The first-order valence-corrected chi connectivity index (χ1v) is 10.6. The van der Waals surface area contributed by atoms with E-state index in [0.717, 1.165) is 9.69 Å². The molecule has 0 unspecified atom stereocenters. The topological polar surface area (TPSA) is 96.5 Å². The van der Waals surface area contributed by atoms with Gasteiger partial charge in [-0.3, -0.25) is 9.10 Å². The third kappa shape index (κ3) is 2.82. The molecule has 0 spiro atoms. The number of nitrogens with zero attached hydrogens (tertiary/aromatic N) is 1. The standard InChI is InChI=1S/C21H20N2O5S/c1-4-28-21(25)18-12(2)20(22-13(18)3)16(24)11-23-15-9-5-7-14-8-6-10-17(19(14)15)29(23,26)27/h5-10,22H,4,11H2,1-3H3. The number of H-pyrrole nitrogens is 1. The molecule has 0 aliphatic carbocycles. The fourth-order valence-corrected chi connectivity index (χ4v) is 5.54. The second-order valence-corrected chi connectivity index (χ2v) is 8.74. The molecule has 0 radical (unpaired) electrons. The van der Waals surface area contributed by atoms with Gasteiger partial charge in [-0.05, 0) is 43.9 Å². The zero-order valence-electron chi connectivity index (χ0n) is 16.3. The summed E-state index contributed by atoms with van der Waals surface area (Å²) in [5.74, 6) is -0.932. The number of aryl methyl sites for hydroxylation is 1. The van der Waals surface area contributed by atoms with E-state index in [4.69, 9.17) is 4.74 Å². The number of hydrogen-bond donors (Lipinski definition) is 1. The van der Waals surface area contributed by atoms with Crippen molar-refractivity contribution in [2.75, 3.05) is 17.5 Å². The van der Waals surface area contributed by atoms with E-state index in [9.17, 15) is 18.0 Å². The molecule has 0 fully saturated rings. The number of aromatic nitrogens is 1. The van der Waals surface area contributed by atoms with Gasteiger partial charge in [0.15, 0.2) is 5.78 Å². The molecule has 1 aromatic heterocycles. The number of rotatable bonds is 5. The quantitative estimate of drug-likeness (QED) is 0.512. The van der Waals surface area contributed by atoms with Crippen LogP contribution in [-0.2, 0) is 14.8 Å². The van der Waals surface area contributed by atoms with Crippen LogP contribution < -0.4 is 4.31 Å². The number of benzene rings is 2. The Morgan fingerprint density at radius 3 is 2.48 bits per heavy atom. The Morgan fingerprint density at radius 1 is 1.10 bits per heavy atom. The molecular weight excluding hydrogens is 392 g/mol. The Labute approximate surface area is 168 Å². The number of ether oxygens (including phenoxy) is 1. The summed E-state index contributed by atoms with van der Waals surface area (Å²) >= 11 is 0. The summed E-state index contributed by atoms with van der Waals surface area (Å²) < 4.78 is 32.3. The maximum atomic E-state index is 13.1. The second kappa shape index (κ2) is 6.73. The summed E-state index contributed by atoms with van der Waals surface area (Å²) in [6, 6.07) is 10.4. The molecule has 1 aliphatic heterocycles. The van der Waals surface area contributed by atoms with Crippen molar-refractivity contribution in [2.24, 2.45) is 0 Å². The number of carbonyl (C=O) groups excluding carboxylic acids is 2. The van der Waals surface area contributed by atoms with E-state index in [1.807, 2.05) is 12.1 Å². The predicted octanol–water partition coefficient (Wildman–Crippen LogP) is 3.35. The van der Waals surface area contributed by atoms with Crippen LogP contribution >= 0.6 is 0 Å². The minimum atomic E-state index is -3.84. The predicted molar refractivity (Wildman–Crippen MR) is 109 cm³/mol. The van der Waals surface area contributed by atoms with E-state index in [2.05, 4.69) is 4.98 Å². The maximum absolute atomic E-state index is 13.1. The number of ketones is 1. The first-order valence-electron chi connectivity index (χ1n) is 9.21. The van der Waals surface area contributed by atoms with E-state index in [1.54, 1.807) is 45.0 Å². The summed E-state index contributed by atoms with van der Waals surface area (Å²) in [7, 11) is -3.84. The van der Waals surface area contributed by atoms with Crippen LogP contribution in [0.25, 0.3) is 10.8 Å². The van der Waals surface area contributed by atoms with Gasteiger partial charge in [0.1, 0.15) is 0 Å². The number of hydrogen-bond acceptors (Lipinski definition) is 5. The Kier molecular flexibility index (Phi) is 4.46. The van der Waals surface area contributed by atoms with Crippen molar-refractivity contribution in [3.63, 3.8) is 0 Å². The summed E-state index contributed by atoms with van der Waals surface area (Å²) in [4.78, 5) is 28.3. The summed E-state index contributed by atoms with van der Waals surface area (Å²) in [6.45, 7) is 4.90. The van der Waals surface area contributed by atoms with E-state index >= 15 is 0 Å². The zero-order chi connectivity index (χ0) is 20.9. The number of nitrogens with one attached hydrogen (secondary N) is 1. The lowest BCUT2D eigenvalue weighted by Gasteiger charge is -2.17. The lowest BCUT2D eigenvalue weighted by molar-refractivity contribution is 0.0525.